The van der Waals surface area contributed by atoms with Gasteiger partial charge < -0.3 is 15.0 Å². The molecular formula is C20H15BrF3N5O3. The summed E-state index contributed by atoms with van der Waals surface area (Å²) in [7, 11) is 0. The van der Waals surface area contributed by atoms with Crippen molar-refractivity contribution in [3.8, 4) is 22.7 Å². The van der Waals surface area contributed by atoms with Gasteiger partial charge in [-0.15, -0.1) is 13.2 Å². The molecule has 0 unspecified atom stereocenters. The van der Waals surface area contributed by atoms with Crippen LogP contribution in [0.5, 0.6) is 5.75 Å². The van der Waals surface area contributed by atoms with Crippen LogP contribution in [0.3, 0.4) is 0 Å². The van der Waals surface area contributed by atoms with Crippen LogP contribution in [-0.4, -0.2) is 51.1 Å². The minimum Gasteiger partial charge on any atom is -0.406 e. The predicted molar refractivity (Wildman–Crippen MR) is 110 cm³/mol. The third-order valence-corrected chi connectivity index (χ3v) is 5.00. The zero-order valence-electron chi connectivity index (χ0n) is 16.5. The van der Waals surface area contributed by atoms with Crippen LogP contribution < -0.4 is 10.1 Å². The summed E-state index contributed by atoms with van der Waals surface area (Å²) in [5.41, 5.74) is 1.95. The first-order chi connectivity index (χ1) is 15.1. The van der Waals surface area contributed by atoms with E-state index in [1.54, 1.807) is 31.3 Å². The van der Waals surface area contributed by atoms with E-state index in [0.717, 1.165) is 0 Å². The summed E-state index contributed by atoms with van der Waals surface area (Å²) in [5.74, 6) is -1.21. The number of aromatic nitrogens is 3. The van der Waals surface area contributed by atoms with E-state index >= 15 is 0 Å². The maximum absolute atomic E-state index is 12.9. The number of ether oxygens (including phenoxy) is 1. The highest BCUT2D eigenvalue weighted by atomic mass is 79.9. The molecule has 0 saturated carbocycles. The summed E-state index contributed by atoms with van der Waals surface area (Å²) in [4.78, 5) is 29.8. The minimum atomic E-state index is -4.86. The average molecular weight is 510 g/mol. The highest BCUT2D eigenvalue weighted by molar-refractivity contribution is 9.10. The quantitative estimate of drug-likeness (QED) is 0.581. The fourth-order valence-corrected chi connectivity index (χ4v) is 3.70. The predicted octanol–water partition coefficient (Wildman–Crippen LogP) is 3.43. The molecular weight excluding hydrogens is 495 g/mol. The number of hydrogen-bond acceptors (Lipinski definition) is 5. The molecule has 1 fully saturated rings. The van der Waals surface area contributed by atoms with Crippen molar-refractivity contribution in [2.24, 2.45) is 0 Å². The molecule has 1 aromatic carbocycles. The molecule has 0 radical (unpaired) electrons. The fourth-order valence-electron chi connectivity index (χ4n) is 3.23. The lowest BCUT2D eigenvalue weighted by Gasteiger charge is -2.12. The van der Waals surface area contributed by atoms with Gasteiger partial charge in [0.05, 0.1) is 18.1 Å². The van der Waals surface area contributed by atoms with E-state index in [4.69, 9.17) is 0 Å². The second-order valence-electron chi connectivity index (χ2n) is 6.97. The zero-order valence-corrected chi connectivity index (χ0v) is 18.1. The lowest BCUT2D eigenvalue weighted by atomic mass is 10.1. The molecule has 0 atom stereocenters. The van der Waals surface area contributed by atoms with Gasteiger partial charge in [-0.25, -0.2) is 4.68 Å². The average Bonchev–Trinajstić information content (AvgIpc) is 3.32. The first-order valence-electron chi connectivity index (χ1n) is 9.25. The summed E-state index contributed by atoms with van der Waals surface area (Å²) in [6.45, 7) is 1.72. The summed E-state index contributed by atoms with van der Waals surface area (Å²) in [6, 6.07) is 8.80. The van der Waals surface area contributed by atoms with Gasteiger partial charge in [0.2, 0.25) is 5.91 Å². The minimum absolute atomic E-state index is 0.0317. The van der Waals surface area contributed by atoms with Crippen LogP contribution in [0.2, 0.25) is 0 Å². The molecule has 0 aliphatic carbocycles. The van der Waals surface area contributed by atoms with E-state index in [-0.39, 0.29) is 24.8 Å². The van der Waals surface area contributed by atoms with E-state index in [0.29, 0.717) is 27.1 Å². The Hall–Kier alpha value is -3.41. The number of carbonyl (C=O) groups excluding carboxylic acids is 2. The molecule has 12 heteroatoms. The van der Waals surface area contributed by atoms with E-state index in [2.05, 4.69) is 36.1 Å². The van der Waals surface area contributed by atoms with Crippen LogP contribution in [0.1, 0.15) is 16.2 Å². The van der Waals surface area contributed by atoms with E-state index in [9.17, 15) is 22.8 Å². The number of amides is 2. The van der Waals surface area contributed by atoms with Crippen LogP contribution in [0.25, 0.3) is 16.9 Å². The molecule has 2 aromatic heterocycles. The van der Waals surface area contributed by atoms with Crippen LogP contribution in [-0.2, 0) is 4.79 Å². The first-order valence-corrected chi connectivity index (χ1v) is 10.0. The lowest BCUT2D eigenvalue weighted by Crippen LogP contribution is -2.30. The van der Waals surface area contributed by atoms with Gasteiger partial charge >= 0.3 is 6.36 Å². The Morgan fingerprint density at radius 1 is 1.22 bits per heavy atom. The third kappa shape index (κ3) is 4.74. The van der Waals surface area contributed by atoms with Gasteiger partial charge in [0.15, 0.2) is 5.69 Å². The molecule has 8 nitrogen and oxygen atoms in total. The van der Waals surface area contributed by atoms with Crippen molar-refractivity contribution in [2.45, 2.75) is 13.3 Å². The maximum atomic E-state index is 12.9. The topological polar surface area (TPSA) is 89.4 Å². The Balaban J connectivity index is 1.82. The Kier molecular flexibility index (Phi) is 5.63. The molecule has 1 aliphatic rings. The van der Waals surface area contributed by atoms with Crippen molar-refractivity contribution >= 4 is 27.7 Å². The van der Waals surface area contributed by atoms with E-state index < -0.39 is 18.0 Å². The summed E-state index contributed by atoms with van der Waals surface area (Å²) in [6.07, 6.45) is -3.31. The van der Waals surface area contributed by atoms with Gasteiger partial charge in [-0.3, -0.25) is 14.6 Å². The van der Waals surface area contributed by atoms with Gasteiger partial charge in [-0.2, -0.15) is 5.10 Å². The molecule has 1 N–H and O–H groups in total. The van der Waals surface area contributed by atoms with Gasteiger partial charge in [0.25, 0.3) is 5.91 Å². The van der Waals surface area contributed by atoms with Gasteiger partial charge in [-0.05, 0) is 43.3 Å². The Morgan fingerprint density at radius 2 is 2.00 bits per heavy atom. The fraction of sp³-hybridized carbons (Fsp3) is 0.200. The molecule has 166 valence electrons. The van der Waals surface area contributed by atoms with Crippen LogP contribution >= 0.6 is 15.9 Å². The summed E-state index contributed by atoms with van der Waals surface area (Å²) >= 11 is 3.20. The Bertz CT molecular complexity index is 1210. The molecule has 0 spiro atoms. The van der Waals surface area contributed by atoms with Gasteiger partial charge in [0, 0.05) is 21.9 Å². The SMILES string of the molecule is Cc1cc(-n2nc(C(=O)N3CNC(=O)C3)cc2-c2cc(Br)cc(OC(F)(F)F)c2)ccn1. The smallest absolute Gasteiger partial charge is 0.406 e. The number of aryl methyl sites for hydroxylation is 1. The number of benzene rings is 1. The van der Waals surface area contributed by atoms with Crippen molar-refractivity contribution in [3.63, 3.8) is 0 Å². The molecule has 32 heavy (non-hydrogen) atoms. The van der Waals surface area contributed by atoms with Crippen molar-refractivity contribution in [2.75, 3.05) is 13.2 Å². The van der Waals surface area contributed by atoms with Crippen molar-refractivity contribution < 1.29 is 27.5 Å². The molecule has 1 saturated heterocycles. The van der Waals surface area contributed by atoms with Crippen LogP contribution in [0.4, 0.5) is 13.2 Å². The number of pyridine rings is 1. The largest absolute Gasteiger partial charge is 0.573 e. The van der Waals surface area contributed by atoms with E-state index in [1.807, 2.05) is 0 Å². The Labute approximate surface area is 188 Å². The number of nitrogens with zero attached hydrogens (tertiary/aromatic N) is 4. The second-order valence-corrected chi connectivity index (χ2v) is 7.88. The van der Waals surface area contributed by atoms with Crippen molar-refractivity contribution in [1.29, 1.82) is 0 Å². The van der Waals surface area contributed by atoms with Gasteiger partial charge in [-0.1, -0.05) is 15.9 Å². The number of rotatable bonds is 4. The van der Waals surface area contributed by atoms with Crippen LogP contribution in [0, 0.1) is 6.92 Å². The normalized spacial score (nSPS) is 13.9. The third-order valence-electron chi connectivity index (χ3n) is 4.54. The second kappa shape index (κ2) is 8.26. The highest BCUT2D eigenvalue weighted by Gasteiger charge is 2.32. The molecule has 1 aliphatic heterocycles. The van der Waals surface area contributed by atoms with Crippen molar-refractivity contribution in [3.05, 3.63) is 58.5 Å². The van der Waals surface area contributed by atoms with Crippen molar-refractivity contribution in [1.82, 2.24) is 25.0 Å². The lowest BCUT2D eigenvalue weighted by molar-refractivity contribution is -0.274. The molecule has 2 amide bonds. The Morgan fingerprint density at radius 3 is 2.66 bits per heavy atom. The van der Waals surface area contributed by atoms with Gasteiger partial charge in [0.1, 0.15) is 12.3 Å². The monoisotopic (exact) mass is 509 g/mol. The van der Waals surface area contributed by atoms with E-state index in [1.165, 1.54) is 27.8 Å². The number of carbonyl (C=O) groups is 2. The molecule has 3 aromatic rings. The van der Waals surface area contributed by atoms with Crippen LogP contribution in [0.15, 0.2) is 47.1 Å². The zero-order chi connectivity index (χ0) is 23.0. The highest BCUT2D eigenvalue weighted by Crippen LogP contribution is 2.33. The summed E-state index contributed by atoms with van der Waals surface area (Å²) < 4.78 is 44.1. The maximum Gasteiger partial charge on any atom is 0.573 e. The standard InChI is InChI=1S/C20H15BrF3N5O3/c1-11-4-14(2-3-25-11)29-17(8-16(27-29)19(31)28-9-18(30)26-10-28)12-5-13(21)7-15(6-12)32-20(22,23)24/h2-8H,9-10H2,1H3,(H,26,30). The molecule has 4 rings (SSSR count). The number of hydrogen-bond donors (Lipinski definition) is 1. The number of halogens is 4. The summed E-state index contributed by atoms with van der Waals surface area (Å²) in [5, 5.41) is 6.92. The molecule has 0 bridgehead atoms. The first kappa shape index (κ1) is 21.8. The number of nitrogens with one attached hydrogen (secondary N) is 1. The molecule has 3 heterocycles. The number of alkyl halides is 3.